The third-order valence-corrected chi connectivity index (χ3v) is 3.05. The molecule has 0 bridgehead atoms. The molecule has 1 aromatic carbocycles. The van der Waals surface area contributed by atoms with Gasteiger partial charge in [-0.2, -0.15) is 0 Å². The predicted molar refractivity (Wildman–Crippen MR) is 59.0 cm³/mol. The maximum absolute atomic E-state index is 11.8. The van der Waals surface area contributed by atoms with Crippen molar-refractivity contribution in [1.29, 1.82) is 0 Å². The molecule has 0 aromatic heterocycles. The summed E-state index contributed by atoms with van der Waals surface area (Å²) >= 11 is 0. The van der Waals surface area contributed by atoms with Crippen molar-refractivity contribution in [1.82, 2.24) is 0 Å². The third-order valence-electron chi connectivity index (χ3n) is 3.05. The second kappa shape index (κ2) is 4.47. The number of carbonyl (C=O) groups excluding carboxylic acids is 2. The maximum Gasteiger partial charge on any atom is 0.313 e. The lowest BCUT2D eigenvalue weighted by Gasteiger charge is -2.06. The van der Waals surface area contributed by atoms with Gasteiger partial charge in [0.15, 0.2) is 0 Å². The van der Waals surface area contributed by atoms with Gasteiger partial charge < -0.3 is 4.74 Å². The summed E-state index contributed by atoms with van der Waals surface area (Å²) < 4.78 is 4.50. The Kier molecular flexibility index (Phi) is 3.04. The minimum Gasteiger partial charge on any atom is -0.469 e. The maximum atomic E-state index is 11.8. The molecule has 0 radical (unpaired) electrons. The SMILES string of the molecule is COC(=O)CC(=O)C1Cc2ccccc2C1. The van der Waals surface area contributed by atoms with Crippen LogP contribution in [0.4, 0.5) is 0 Å². The van der Waals surface area contributed by atoms with E-state index < -0.39 is 5.97 Å². The quantitative estimate of drug-likeness (QED) is 0.571. The average Bonchev–Trinajstić information content (AvgIpc) is 2.72. The van der Waals surface area contributed by atoms with Crippen LogP contribution in [-0.4, -0.2) is 18.9 Å². The largest absolute Gasteiger partial charge is 0.469 e. The molecule has 0 N–H and O–H groups in total. The Labute approximate surface area is 94.4 Å². The highest BCUT2D eigenvalue weighted by Crippen LogP contribution is 2.27. The summed E-state index contributed by atoms with van der Waals surface area (Å²) in [5.74, 6) is -0.500. The van der Waals surface area contributed by atoms with Crippen LogP contribution in [0.2, 0.25) is 0 Å². The zero-order valence-electron chi connectivity index (χ0n) is 9.23. The molecule has 0 saturated carbocycles. The number of hydrogen-bond acceptors (Lipinski definition) is 3. The second-order valence-corrected chi connectivity index (χ2v) is 4.09. The summed E-state index contributed by atoms with van der Waals surface area (Å²) in [6.45, 7) is 0. The van der Waals surface area contributed by atoms with Crippen LogP contribution in [0.15, 0.2) is 24.3 Å². The molecule has 0 unspecified atom stereocenters. The number of ether oxygens (including phenoxy) is 1. The summed E-state index contributed by atoms with van der Waals surface area (Å²) in [5.41, 5.74) is 2.46. The van der Waals surface area contributed by atoms with Gasteiger partial charge in [0.05, 0.1) is 7.11 Å². The predicted octanol–water partition coefficient (Wildman–Crippen LogP) is 1.53. The molecule has 2 rings (SSSR count). The van der Waals surface area contributed by atoms with E-state index >= 15 is 0 Å². The van der Waals surface area contributed by atoms with E-state index in [1.807, 2.05) is 24.3 Å². The van der Waals surface area contributed by atoms with Gasteiger partial charge in [0, 0.05) is 5.92 Å². The Balaban J connectivity index is 2.01. The molecule has 0 fully saturated rings. The third kappa shape index (κ3) is 2.13. The standard InChI is InChI=1S/C13H14O3/c1-16-13(15)8-12(14)11-6-9-4-2-3-5-10(9)7-11/h2-5,11H,6-8H2,1H3. The molecule has 0 heterocycles. The van der Waals surface area contributed by atoms with Gasteiger partial charge in [-0.3, -0.25) is 9.59 Å². The van der Waals surface area contributed by atoms with Crippen LogP contribution in [0.3, 0.4) is 0 Å². The Bertz CT molecular complexity index is 398. The molecule has 1 aromatic rings. The second-order valence-electron chi connectivity index (χ2n) is 4.09. The molecule has 1 aliphatic carbocycles. The molecule has 0 amide bonds. The fraction of sp³-hybridized carbons (Fsp3) is 0.385. The summed E-state index contributed by atoms with van der Waals surface area (Å²) in [6.07, 6.45) is 1.41. The van der Waals surface area contributed by atoms with E-state index in [9.17, 15) is 9.59 Å². The van der Waals surface area contributed by atoms with Crippen LogP contribution >= 0.6 is 0 Å². The lowest BCUT2D eigenvalue weighted by molar-refractivity contribution is -0.144. The van der Waals surface area contributed by atoms with Gasteiger partial charge >= 0.3 is 5.97 Å². The molecule has 0 atom stereocenters. The number of carbonyl (C=O) groups is 2. The fourth-order valence-corrected chi connectivity index (χ4v) is 2.15. The van der Waals surface area contributed by atoms with Crippen LogP contribution in [-0.2, 0) is 27.2 Å². The number of methoxy groups -OCH3 is 1. The zero-order chi connectivity index (χ0) is 11.5. The first-order valence-electron chi connectivity index (χ1n) is 5.37. The lowest BCUT2D eigenvalue weighted by Crippen LogP contribution is -2.19. The number of fused-ring (bicyclic) bond motifs is 1. The number of esters is 1. The van der Waals surface area contributed by atoms with E-state index in [0.29, 0.717) is 0 Å². The number of ketones is 1. The normalized spacial score (nSPS) is 14.6. The smallest absolute Gasteiger partial charge is 0.313 e. The molecule has 3 heteroatoms. The number of hydrogen-bond donors (Lipinski definition) is 0. The molecule has 0 aliphatic heterocycles. The van der Waals surface area contributed by atoms with Gasteiger partial charge in [-0.05, 0) is 24.0 Å². The number of Topliss-reactive ketones (excluding diaryl/α,β-unsaturated/α-hetero) is 1. The van der Waals surface area contributed by atoms with Crippen molar-refractivity contribution < 1.29 is 14.3 Å². The van der Waals surface area contributed by atoms with Crippen LogP contribution in [0.1, 0.15) is 17.5 Å². The van der Waals surface area contributed by atoms with Crippen LogP contribution in [0.5, 0.6) is 0 Å². The zero-order valence-corrected chi connectivity index (χ0v) is 9.23. The summed E-state index contributed by atoms with van der Waals surface area (Å²) in [6, 6.07) is 8.04. The highest BCUT2D eigenvalue weighted by Gasteiger charge is 2.28. The molecule has 1 aliphatic rings. The first kappa shape index (κ1) is 10.9. The van der Waals surface area contributed by atoms with Crippen molar-refractivity contribution in [3.8, 4) is 0 Å². The number of rotatable bonds is 3. The van der Waals surface area contributed by atoms with Crippen LogP contribution in [0, 0.1) is 5.92 Å². The van der Waals surface area contributed by atoms with Crippen molar-refractivity contribution in [2.45, 2.75) is 19.3 Å². The highest BCUT2D eigenvalue weighted by molar-refractivity contribution is 5.97. The Morgan fingerprint density at radius 1 is 1.25 bits per heavy atom. The van der Waals surface area contributed by atoms with Crippen LogP contribution in [0.25, 0.3) is 0 Å². The monoisotopic (exact) mass is 218 g/mol. The minimum absolute atomic E-state index is 0.0111. The minimum atomic E-state index is -0.444. The molecule has 0 spiro atoms. The van der Waals surface area contributed by atoms with E-state index in [2.05, 4.69) is 4.74 Å². The summed E-state index contributed by atoms with van der Waals surface area (Å²) in [7, 11) is 1.30. The molecule has 16 heavy (non-hydrogen) atoms. The van der Waals surface area contributed by atoms with Crippen LogP contribution < -0.4 is 0 Å². The van der Waals surface area contributed by atoms with Gasteiger partial charge in [-0.15, -0.1) is 0 Å². The van der Waals surface area contributed by atoms with Gasteiger partial charge in [0.25, 0.3) is 0 Å². The molecular weight excluding hydrogens is 204 g/mol. The topological polar surface area (TPSA) is 43.4 Å². The van der Waals surface area contributed by atoms with Gasteiger partial charge in [-0.25, -0.2) is 0 Å². The Morgan fingerprint density at radius 3 is 2.31 bits per heavy atom. The van der Waals surface area contributed by atoms with Crippen molar-refractivity contribution in [2.24, 2.45) is 5.92 Å². The van der Waals surface area contributed by atoms with Crippen molar-refractivity contribution in [2.75, 3.05) is 7.11 Å². The van der Waals surface area contributed by atoms with Crippen molar-refractivity contribution in [3.63, 3.8) is 0 Å². The van der Waals surface area contributed by atoms with E-state index in [4.69, 9.17) is 0 Å². The van der Waals surface area contributed by atoms with Gasteiger partial charge in [0.2, 0.25) is 0 Å². The Hall–Kier alpha value is -1.64. The molecule has 3 nitrogen and oxygen atoms in total. The molecule has 0 saturated heterocycles. The fourth-order valence-electron chi connectivity index (χ4n) is 2.15. The average molecular weight is 218 g/mol. The first-order chi connectivity index (χ1) is 7.70. The lowest BCUT2D eigenvalue weighted by atomic mass is 9.99. The van der Waals surface area contributed by atoms with E-state index in [-0.39, 0.29) is 18.1 Å². The van der Waals surface area contributed by atoms with Gasteiger partial charge in [-0.1, -0.05) is 24.3 Å². The number of benzene rings is 1. The first-order valence-corrected chi connectivity index (χ1v) is 5.37. The summed E-state index contributed by atoms with van der Waals surface area (Å²) in [4.78, 5) is 22.8. The molecule has 84 valence electrons. The van der Waals surface area contributed by atoms with Crippen molar-refractivity contribution in [3.05, 3.63) is 35.4 Å². The van der Waals surface area contributed by atoms with E-state index in [1.165, 1.54) is 18.2 Å². The van der Waals surface area contributed by atoms with Crippen molar-refractivity contribution >= 4 is 11.8 Å². The summed E-state index contributed by atoms with van der Waals surface area (Å²) in [5, 5.41) is 0. The van der Waals surface area contributed by atoms with Gasteiger partial charge in [0.1, 0.15) is 12.2 Å². The van der Waals surface area contributed by atoms with E-state index in [1.54, 1.807) is 0 Å². The van der Waals surface area contributed by atoms with E-state index in [0.717, 1.165) is 12.8 Å². The molecular formula is C13H14O3. The highest BCUT2D eigenvalue weighted by atomic mass is 16.5. The Morgan fingerprint density at radius 2 is 1.81 bits per heavy atom.